The number of methoxy groups -OCH3 is 1. The zero-order valence-corrected chi connectivity index (χ0v) is 17.1. The van der Waals surface area contributed by atoms with Gasteiger partial charge < -0.3 is 10.5 Å². The van der Waals surface area contributed by atoms with Gasteiger partial charge in [0.05, 0.1) is 41.7 Å². The van der Waals surface area contributed by atoms with Crippen LogP contribution in [-0.2, 0) is 13.6 Å². The van der Waals surface area contributed by atoms with Crippen molar-refractivity contribution in [3.05, 3.63) is 76.0 Å². The first-order chi connectivity index (χ1) is 15.1. The Kier molecular flexibility index (Phi) is 5.35. The van der Waals surface area contributed by atoms with Crippen molar-refractivity contribution in [2.45, 2.75) is 6.54 Å². The van der Waals surface area contributed by atoms with Crippen LogP contribution in [0.3, 0.4) is 0 Å². The second-order valence-corrected chi connectivity index (χ2v) is 6.90. The van der Waals surface area contributed by atoms with E-state index in [4.69, 9.17) is 10.5 Å². The molecule has 0 saturated carbocycles. The maximum atomic E-state index is 12.1. The van der Waals surface area contributed by atoms with Gasteiger partial charge in [0.1, 0.15) is 5.75 Å². The first kappa shape index (κ1) is 20.1. The number of benzene rings is 2. The summed E-state index contributed by atoms with van der Waals surface area (Å²) < 4.78 is 7.11. The standard InChI is InChI=1S/C23H20N6O2/c1-29-21(10-15(11-24)16-5-3-4-6-22(16)31-2)19(13-26-29)14-7-8-17-18(9-14)20(12-25)27-28-23(17)30/h3-10,13H,12,25H2,1-2H3,(H,28,30)/b15-10+. The highest BCUT2D eigenvalue weighted by atomic mass is 16.5. The van der Waals surface area contributed by atoms with Crippen molar-refractivity contribution in [2.75, 3.05) is 7.11 Å². The number of nitrogens with zero attached hydrogens (tertiary/aromatic N) is 4. The highest BCUT2D eigenvalue weighted by molar-refractivity contribution is 5.95. The molecule has 8 heteroatoms. The lowest BCUT2D eigenvalue weighted by Crippen LogP contribution is -2.13. The largest absolute Gasteiger partial charge is 0.496 e. The molecule has 2 heterocycles. The number of allylic oxidation sites excluding steroid dienone is 1. The molecule has 0 bridgehead atoms. The molecule has 4 aromatic rings. The number of hydrogen-bond acceptors (Lipinski definition) is 6. The maximum Gasteiger partial charge on any atom is 0.272 e. The highest BCUT2D eigenvalue weighted by Gasteiger charge is 2.15. The molecule has 0 aliphatic carbocycles. The van der Waals surface area contributed by atoms with E-state index in [1.54, 1.807) is 30.1 Å². The van der Waals surface area contributed by atoms with Gasteiger partial charge in [-0.3, -0.25) is 9.48 Å². The van der Waals surface area contributed by atoms with Crippen molar-refractivity contribution in [3.63, 3.8) is 0 Å². The molecular formula is C23H20N6O2. The van der Waals surface area contributed by atoms with Crippen LogP contribution in [0.1, 0.15) is 17.0 Å². The van der Waals surface area contributed by atoms with E-state index >= 15 is 0 Å². The van der Waals surface area contributed by atoms with Crippen LogP contribution in [0.2, 0.25) is 0 Å². The Morgan fingerprint density at radius 2 is 2.10 bits per heavy atom. The van der Waals surface area contributed by atoms with Gasteiger partial charge in [-0.2, -0.15) is 15.5 Å². The Bertz CT molecular complexity index is 1410. The Balaban J connectivity index is 1.90. The van der Waals surface area contributed by atoms with Gasteiger partial charge in [-0.05, 0) is 35.9 Å². The molecule has 31 heavy (non-hydrogen) atoms. The summed E-state index contributed by atoms with van der Waals surface area (Å²) in [5.74, 6) is 0.614. The zero-order valence-electron chi connectivity index (χ0n) is 17.1. The van der Waals surface area contributed by atoms with Crippen molar-refractivity contribution < 1.29 is 4.74 Å². The summed E-state index contributed by atoms with van der Waals surface area (Å²) in [6.07, 6.45) is 3.51. The SMILES string of the molecule is COc1ccccc1/C(C#N)=C/c1c(-c2ccc3c(=O)[nH]nc(CN)c3c2)cnn1C. The number of hydrogen-bond donors (Lipinski definition) is 2. The van der Waals surface area contributed by atoms with Gasteiger partial charge in [0.15, 0.2) is 0 Å². The Morgan fingerprint density at radius 3 is 2.84 bits per heavy atom. The van der Waals surface area contributed by atoms with E-state index < -0.39 is 0 Å². The van der Waals surface area contributed by atoms with Gasteiger partial charge in [0, 0.05) is 30.1 Å². The van der Waals surface area contributed by atoms with E-state index in [0.29, 0.717) is 33.4 Å². The van der Waals surface area contributed by atoms with Gasteiger partial charge in [-0.1, -0.05) is 18.2 Å². The average molecular weight is 412 g/mol. The van der Waals surface area contributed by atoms with Crippen LogP contribution in [0.5, 0.6) is 5.75 Å². The summed E-state index contributed by atoms with van der Waals surface area (Å²) in [4.78, 5) is 12.1. The maximum absolute atomic E-state index is 12.1. The van der Waals surface area contributed by atoms with Crippen molar-refractivity contribution in [1.29, 1.82) is 5.26 Å². The number of H-pyrrole nitrogens is 1. The molecule has 2 aromatic carbocycles. The summed E-state index contributed by atoms with van der Waals surface area (Å²) >= 11 is 0. The van der Waals surface area contributed by atoms with Crippen molar-refractivity contribution in [3.8, 4) is 22.9 Å². The predicted octanol–water partition coefficient (Wildman–Crippen LogP) is 2.86. The lowest BCUT2D eigenvalue weighted by atomic mass is 9.99. The smallest absolute Gasteiger partial charge is 0.272 e. The number of fused-ring (bicyclic) bond motifs is 1. The fourth-order valence-corrected chi connectivity index (χ4v) is 3.56. The second kappa shape index (κ2) is 8.26. The molecule has 8 nitrogen and oxygen atoms in total. The number of para-hydroxylation sites is 1. The Labute approximate surface area is 178 Å². The number of aryl methyl sites for hydroxylation is 1. The van der Waals surface area contributed by atoms with E-state index in [0.717, 1.165) is 16.8 Å². The zero-order chi connectivity index (χ0) is 22.0. The number of nitrogens with one attached hydrogen (secondary N) is 1. The molecule has 0 unspecified atom stereocenters. The van der Waals surface area contributed by atoms with E-state index in [9.17, 15) is 10.1 Å². The third-order valence-electron chi connectivity index (χ3n) is 5.16. The molecule has 0 fully saturated rings. The number of aromatic amines is 1. The van der Waals surface area contributed by atoms with Gasteiger partial charge >= 0.3 is 0 Å². The quantitative estimate of drug-likeness (QED) is 0.486. The minimum atomic E-state index is -0.270. The molecule has 154 valence electrons. The van der Waals surface area contributed by atoms with Crippen LogP contribution in [0.15, 0.2) is 53.5 Å². The van der Waals surface area contributed by atoms with Crippen LogP contribution >= 0.6 is 0 Å². The molecule has 0 atom stereocenters. The summed E-state index contributed by atoms with van der Waals surface area (Å²) in [6, 6.07) is 15.1. The molecule has 2 aromatic heterocycles. The van der Waals surface area contributed by atoms with Crippen LogP contribution in [0, 0.1) is 11.3 Å². The number of nitriles is 1. The number of rotatable bonds is 5. The van der Waals surface area contributed by atoms with Crippen molar-refractivity contribution in [2.24, 2.45) is 12.8 Å². The van der Waals surface area contributed by atoms with E-state index in [1.807, 2.05) is 43.4 Å². The lowest BCUT2D eigenvalue weighted by Gasteiger charge is -2.09. The fourth-order valence-electron chi connectivity index (χ4n) is 3.56. The highest BCUT2D eigenvalue weighted by Crippen LogP contribution is 2.32. The summed E-state index contributed by atoms with van der Waals surface area (Å²) in [5, 5.41) is 21.9. The third-order valence-corrected chi connectivity index (χ3v) is 5.16. The lowest BCUT2D eigenvalue weighted by molar-refractivity contribution is 0.413. The van der Waals surface area contributed by atoms with Gasteiger partial charge in [-0.25, -0.2) is 5.10 Å². The van der Waals surface area contributed by atoms with E-state index in [-0.39, 0.29) is 12.1 Å². The third kappa shape index (κ3) is 3.58. The fraction of sp³-hybridized carbons (Fsp3) is 0.130. The van der Waals surface area contributed by atoms with Gasteiger partial charge in [-0.15, -0.1) is 0 Å². The summed E-state index contributed by atoms with van der Waals surface area (Å²) in [7, 11) is 3.38. The molecule has 0 amide bonds. The summed E-state index contributed by atoms with van der Waals surface area (Å²) in [5.41, 5.74) is 9.68. The van der Waals surface area contributed by atoms with Crippen LogP contribution < -0.4 is 16.0 Å². The first-order valence-electron chi connectivity index (χ1n) is 9.56. The number of ether oxygens (including phenoxy) is 1. The van der Waals surface area contributed by atoms with Gasteiger partial charge in [0.2, 0.25) is 0 Å². The topological polar surface area (TPSA) is 123 Å². The molecule has 0 saturated heterocycles. The second-order valence-electron chi connectivity index (χ2n) is 6.90. The van der Waals surface area contributed by atoms with Gasteiger partial charge in [0.25, 0.3) is 5.56 Å². The van der Waals surface area contributed by atoms with Crippen LogP contribution in [0.4, 0.5) is 0 Å². The minimum absolute atomic E-state index is 0.197. The van der Waals surface area contributed by atoms with Crippen molar-refractivity contribution in [1.82, 2.24) is 20.0 Å². The average Bonchev–Trinajstić information content (AvgIpc) is 3.17. The van der Waals surface area contributed by atoms with Crippen molar-refractivity contribution >= 4 is 22.4 Å². The first-order valence-corrected chi connectivity index (χ1v) is 9.56. The molecule has 4 rings (SSSR count). The normalized spacial score (nSPS) is 11.5. The van der Waals surface area contributed by atoms with E-state index in [1.165, 1.54) is 0 Å². The molecule has 0 aliphatic heterocycles. The molecule has 0 spiro atoms. The van der Waals surface area contributed by atoms with Crippen LogP contribution in [0.25, 0.3) is 33.5 Å². The predicted molar refractivity (Wildman–Crippen MR) is 119 cm³/mol. The molecular weight excluding hydrogens is 392 g/mol. The Hall–Kier alpha value is -4.22. The molecule has 0 radical (unpaired) electrons. The minimum Gasteiger partial charge on any atom is -0.496 e. The molecule has 0 aliphatic rings. The van der Waals surface area contributed by atoms with Crippen LogP contribution in [-0.4, -0.2) is 27.1 Å². The molecule has 3 N–H and O–H groups in total. The summed E-state index contributed by atoms with van der Waals surface area (Å²) in [6.45, 7) is 0.197. The Morgan fingerprint density at radius 1 is 1.29 bits per heavy atom. The van der Waals surface area contributed by atoms with E-state index in [2.05, 4.69) is 21.4 Å². The number of aromatic nitrogens is 4. The number of nitrogens with two attached hydrogens (primary N) is 1. The monoisotopic (exact) mass is 412 g/mol.